The maximum Gasteiger partial charge on any atom is 0.233 e. The van der Waals surface area contributed by atoms with Crippen molar-refractivity contribution in [1.82, 2.24) is 19.7 Å². The smallest absolute Gasteiger partial charge is 0.233 e. The molecule has 0 fully saturated rings. The lowest BCUT2D eigenvalue weighted by atomic mass is 10.2. The first-order chi connectivity index (χ1) is 14.4. The van der Waals surface area contributed by atoms with Gasteiger partial charge in [0.05, 0.1) is 22.2 Å². The number of benzene rings is 1. The van der Waals surface area contributed by atoms with E-state index >= 15 is 0 Å². The average molecular weight is 467 g/mol. The first-order valence-electron chi connectivity index (χ1n) is 9.72. The average Bonchev–Trinajstić information content (AvgIpc) is 3.30. The van der Waals surface area contributed by atoms with E-state index in [1.165, 1.54) is 29.2 Å². The molecule has 0 saturated heterocycles. The standard InChI is InChI=1S/C21H24ClFN4OS2/c1-4-26(12-15-9-10-18(22)30-15)19(28)13-29-21-25-24-20(27(21)11-14(2)3)16-7-5-6-8-17(16)23/h5-10,14H,4,11-13H2,1-3H3. The minimum atomic E-state index is -0.339. The van der Waals surface area contributed by atoms with Gasteiger partial charge in [-0.05, 0) is 37.1 Å². The van der Waals surface area contributed by atoms with E-state index in [-0.39, 0.29) is 17.5 Å². The van der Waals surface area contributed by atoms with Crippen LogP contribution in [0.15, 0.2) is 41.6 Å². The van der Waals surface area contributed by atoms with E-state index in [0.717, 1.165) is 4.88 Å². The van der Waals surface area contributed by atoms with Crippen LogP contribution in [0.3, 0.4) is 0 Å². The summed E-state index contributed by atoms with van der Waals surface area (Å²) >= 11 is 8.81. The van der Waals surface area contributed by atoms with Gasteiger partial charge in [0.15, 0.2) is 11.0 Å². The summed E-state index contributed by atoms with van der Waals surface area (Å²) in [5.74, 6) is 0.711. The fraction of sp³-hybridized carbons (Fsp3) is 0.381. The van der Waals surface area contributed by atoms with Gasteiger partial charge in [-0.15, -0.1) is 21.5 Å². The molecule has 1 amide bonds. The lowest BCUT2D eigenvalue weighted by molar-refractivity contribution is -0.128. The quantitative estimate of drug-likeness (QED) is 0.385. The molecule has 0 aliphatic rings. The third-order valence-corrected chi connectivity index (χ3v) is 6.58. The number of hydrogen-bond donors (Lipinski definition) is 0. The van der Waals surface area contributed by atoms with Crippen molar-refractivity contribution in [2.75, 3.05) is 12.3 Å². The molecule has 0 aliphatic heterocycles. The van der Waals surface area contributed by atoms with Gasteiger partial charge in [-0.2, -0.15) is 0 Å². The predicted molar refractivity (Wildman–Crippen MR) is 121 cm³/mol. The summed E-state index contributed by atoms with van der Waals surface area (Å²) in [5.41, 5.74) is 0.411. The number of hydrogen-bond acceptors (Lipinski definition) is 5. The van der Waals surface area contributed by atoms with Crippen molar-refractivity contribution in [3.05, 3.63) is 51.4 Å². The first-order valence-corrected chi connectivity index (χ1v) is 11.9. The Kier molecular flexibility index (Phi) is 7.91. The number of aromatic nitrogens is 3. The summed E-state index contributed by atoms with van der Waals surface area (Å²) in [6.07, 6.45) is 0. The molecule has 0 aliphatic carbocycles. The first kappa shape index (κ1) is 22.8. The van der Waals surface area contributed by atoms with Crippen LogP contribution >= 0.6 is 34.7 Å². The summed E-state index contributed by atoms with van der Waals surface area (Å²) in [4.78, 5) is 15.6. The highest BCUT2D eigenvalue weighted by Crippen LogP contribution is 2.28. The zero-order valence-corrected chi connectivity index (χ0v) is 19.5. The molecule has 0 N–H and O–H groups in total. The topological polar surface area (TPSA) is 51.0 Å². The van der Waals surface area contributed by atoms with Crippen molar-refractivity contribution >= 4 is 40.6 Å². The van der Waals surface area contributed by atoms with Crippen LogP contribution in [0, 0.1) is 11.7 Å². The molecular formula is C21H24ClFN4OS2. The highest BCUT2D eigenvalue weighted by molar-refractivity contribution is 7.99. The Bertz CT molecular complexity index is 1000. The van der Waals surface area contributed by atoms with Gasteiger partial charge in [-0.1, -0.05) is 49.3 Å². The molecule has 0 atom stereocenters. The number of nitrogens with zero attached hydrogens (tertiary/aromatic N) is 4. The van der Waals surface area contributed by atoms with Crippen molar-refractivity contribution in [2.45, 2.75) is 39.0 Å². The highest BCUT2D eigenvalue weighted by atomic mass is 35.5. The second kappa shape index (κ2) is 10.4. The molecule has 3 rings (SSSR count). The van der Waals surface area contributed by atoms with Crippen LogP contribution in [-0.2, 0) is 17.9 Å². The number of rotatable bonds is 9. The van der Waals surface area contributed by atoms with Crippen LogP contribution < -0.4 is 0 Å². The fourth-order valence-corrected chi connectivity index (χ4v) is 4.94. The summed E-state index contributed by atoms with van der Waals surface area (Å²) in [6.45, 7) is 7.89. The number of carbonyl (C=O) groups is 1. The largest absolute Gasteiger partial charge is 0.337 e. The molecule has 2 aromatic heterocycles. The Morgan fingerprint density at radius 3 is 2.67 bits per heavy atom. The van der Waals surface area contributed by atoms with Gasteiger partial charge in [0.1, 0.15) is 5.82 Å². The molecule has 30 heavy (non-hydrogen) atoms. The molecule has 2 heterocycles. The van der Waals surface area contributed by atoms with Gasteiger partial charge >= 0.3 is 0 Å². The zero-order valence-electron chi connectivity index (χ0n) is 17.1. The Labute approximate surface area is 189 Å². The number of thiophene rings is 1. The third-order valence-electron chi connectivity index (χ3n) is 4.41. The van der Waals surface area contributed by atoms with Gasteiger partial charge in [0.2, 0.25) is 5.91 Å². The molecule has 0 radical (unpaired) electrons. The van der Waals surface area contributed by atoms with Gasteiger partial charge in [-0.3, -0.25) is 4.79 Å². The number of halogens is 2. The minimum absolute atomic E-state index is 0.0126. The van der Waals surface area contributed by atoms with Gasteiger partial charge in [-0.25, -0.2) is 4.39 Å². The van der Waals surface area contributed by atoms with Gasteiger partial charge in [0, 0.05) is 18.0 Å². The molecule has 3 aromatic rings. The summed E-state index contributed by atoms with van der Waals surface area (Å²) in [5, 5.41) is 9.10. The van der Waals surface area contributed by atoms with Crippen molar-refractivity contribution in [2.24, 2.45) is 5.92 Å². The van der Waals surface area contributed by atoms with E-state index in [1.54, 1.807) is 23.1 Å². The van der Waals surface area contributed by atoms with E-state index in [1.807, 2.05) is 23.6 Å². The molecule has 0 bridgehead atoms. The van der Waals surface area contributed by atoms with E-state index in [9.17, 15) is 9.18 Å². The summed E-state index contributed by atoms with van der Waals surface area (Å²) in [7, 11) is 0. The van der Waals surface area contributed by atoms with Crippen LogP contribution in [0.25, 0.3) is 11.4 Å². The fourth-order valence-electron chi connectivity index (χ4n) is 2.99. The third kappa shape index (κ3) is 5.62. The monoisotopic (exact) mass is 466 g/mol. The number of carbonyl (C=O) groups excluding carboxylic acids is 1. The zero-order chi connectivity index (χ0) is 21.7. The van der Waals surface area contributed by atoms with Crippen molar-refractivity contribution in [3.8, 4) is 11.4 Å². The Balaban J connectivity index is 1.75. The SMILES string of the molecule is CCN(Cc1ccc(Cl)s1)C(=O)CSc1nnc(-c2ccccc2F)n1CC(C)C. The Morgan fingerprint density at radius 2 is 2.03 bits per heavy atom. The molecule has 1 aromatic carbocycles. The maximum absolute atomic E-state index is 14.3. The van der Waals surface area contributed by atoms with Crippen molar-refractivity contribution in [1.29, 1.82) is 0 Å². The molecule has 9 heteroatoms. The molecule has 0 spiro atoms. The normalized spacial score (nSPS) is 11.3. The van der Waals surface area contributed by atoms with Crippen molar-refractivity contribution in [3.63, 3.8) is 0 Å². The van der Waals surface area contributed by atoms with Crippen molar-refractivity contribution < 1.29 is 9.18 Å². The number of thioether (sulfide) groups is 1. The number of amides is 1. The van der Waals surface area contributed by atoms with E-state index in [4.69, 9.17) is 11.6 Å². The van der Waals surface area contributed by atoms with Crippen LogP contribution in [0.5, 0.6) is 0 Å². The molecule has 0 unspecified atom stereocenters. The molecular weight excluding hydrogens is 443 g/mol. The Hall–Kier alpha value is -1.90. The summed E-state index contributed by atoms with van der Waals surface area (Å²) in [6, 6.07) is 10.3. The molecule has 160 valence electrons. The summed E-state index contributed by atoms with van der Waals surface area (Å²) < 4.78 is 16.9. The second-order valence-corrected chi connectivity index (χ2v) is 9.94. The minimum Gasteiger partial charge on any atom is -0.337 e. The maximum atomic E-state index is 14.3. The van der Waals surface area contributed by atoms with E-state index in [0.29, 0.717) is 46.4 Å². The second-order valence-electron chi connectivity index (χ2n) is 7.19. The van der Waals surface area contributed by atoms with Crippen LogP contribution in [0.1, 0.15) is 25.6 Å². The van der Waals surface area contributed by atoms with Gasteiger partial charge < -0.3 is 9.47 Å². The Morgan fingerprint density at radius 1 is 1.27 bits per heavy atom. The van der Waals surface area contributed by atoms with Crippen LogP contribution in [0.4, 0.5) is 4.39 Å². The highest BCUT2D eigenvalue weighted by Gasteiger charge is 2.20. The van der Waals surface area contributed by atoms with Crippen LogP contribution in [0.2, 0.25) is 4.34 Å². The van der Waals surface area contributed by atoms with E-state index < -0.39 is 0 Å². The molecule has 0 saturated carbocycles. The van der Waals surface area contributed by atoms with Crippen LogP contribution in [-0.4, -0.2) is 37.9 Å². The van der Waals surface area contributed by atoms with E-state index in [2.05, 4.69) is 24.0 Å². The lowest BCUT2D eigenvalue weighted by Crippen LogP contribution is -2.31. The lowest BCUT2D eigenvalue weighted by Gasteiger charge is -2.20. The molecule has 5 nitrogen and oxygen atoms in total. The van der Waals surface area contributed by atoms with Gasteiger partial charge in [0.25, 0.3) is 0 Å². The predicted octanol–water partition coefficient (Wildman–Crippen LogP) is 5.60.